The highest BCUT2D eigenvalue weighted by molar-refractivity contribution is 5.96. The first-order chi connectivity index (χ1) is 12.0. The molecule has 0 saturated heterocycles. The summed E-state index contributed by atoms with van der Waals surface area (Å²) in [6.45, 7) is 1.76. The molecule has 2 amide bonds. The van der Waals surface area contributed by atoms with E-state index in [1.165, 1.54) is 19.4 Å². The van der Waals surface area contributed by atoms with Crippen LogP contribution in [0.3, 0.4) is 0 Å². The van der Waals surface area contributed by atoms with Gasteiger partial charge < -0.3 is 15.2 Å². The Bertz CT molecular complexity index is 785. The second-order valence-corrected chi connectivity index (χ2v) is 5.11. The molecule has 2 aromatic rings. The molecule has 25 heavy (non-hydrogen) atoms. The van der Waals surface area contributed by atoms with E-state index >= 15 is 0 Å². The van der Waals surface area contributed by atoms with Crippen LogP contribution in [0.15, 0.2) is 47.6 Å². The van der Waals surface area contributed by atoms with E-state index in [0.717, 1.165) is 0 Å². The normalized spacial score (nSPS) is 10.5. The van der Waals surface area contributed by atoms with Crippen molar-refractivity contribution in [2.24, 2.45) is 5.10 Å². The molecule has 130 valence electrons. The van der Waals surface area contributed by atoms with Crippen LogP contribution in [-0.2, 0) is 4.79 Å². The number of benzene rings is 2. The molecule has 0 atom stereocenters. The molecule has 2 aromatic carbocycles. The second-order valence-electron chi connectivity index (χ2n) is 5.11. The molecule has 7 heteroatoms. The van der Waals surface area contributed by atoms with E-state index in [4.69, 9.17) is 4.74 Å². The van der Waals surface area contributed by atoms with E-state index in [1.807, 2.05) is 0 Å². The molecule has 3 N–H and O–H groups in total. The Morgan fingerprint density at radius 2 is 1.92 bits per heavy atom. The monoisotopic (exact) mass is 341 g/mol. The predicted octanol–water partition coefficient (Wildman–Crippen LogP) is 2.51. The first-order valence-electron chi connectivity index (χ1n) is 7.63. The molecule has 2 rings (SSSR count). The molecule has 0 unspecified atom stereocenters. The summed E-state index contributed by atoms with van der Waals surface area (Å²) in [5, 5.41) is 16.1. The Labute approximate surface area is 145 Å². The molecule has 0 spiro atoms. The minimum absolute atomic E-state index is 0.0268. The zero-order chi connectivity index (χ0) is 18.2. The fourth-order valence-corrected chi connectivity index (χ4v) is 1.96. The Morgan fingerprint density at radius 1 is 1.20 bits per heavy atom. The Balaban J connectivity index is 1.96. The van der Waals surface area contributed by atoms with Crippen LogP contribution < -0.4 is 15.5 Å². The number of phenolic OH excluding ortho intramolecular Hbond substituents is 1. The third-order valence-corrected chi connectivity index (χ3v) is 3.34. The molecule has 0 aromatic heterocycles. The molecular formula is C18H19N3O4. The molecule has 0 aliphatic rings. The van der Waals surface area contributed by atoms with Gasteiger partial charge in [-0.3, -0.25) is 9.59 Å². The smallest absolute Gasteiger partial charge is 0.271 e. The van der Waals surface area contributed by atoms with Gasteiger partial charge in [-0.1, -0.05) is 6.92 Å². The van der Waals surface area contributed by atoms with Crippen LogP contribution >= 0.6 is 0 Å². The first-order valence-corrected chi connectivity index (χ1v) is 7.63. The zero-order valence-corrected chi connectivity index (χ0v) is 13.9. The van der Waals surface area contributed by atoms with E-state index in [2.05, 4.69) is 15.8 Å². The fourth-order valence-electron chi connectivity index (χ4n) is 1.96. The van der Waals surface area contributed by atoms with Crippen LogP contribution in [-0.4, -0.2) is 30.2 Å². The fraction of sp³-hybridized carbons (Fsp3) is 0.167. The summed E-state index contributed by atoms with van der Waals surface area (Å²) in [7, 11) is 1.45. The quantitative estimate of drug-likeness (QED) is 0.555. The third-order valence-electron chi connectivity index (χ3n) is 3.34. The zero-order valence-electron chi connectivity index (χ0n) is 13.9. The number of amides is 2. The maximum atomic E-state index is 12.0. The average Bonchev–Trinajstić information content (AvgIpc) is 2.63. The lowest BCUT2D eigenvalue weighted by Crippen LogP contribution is -2.17. The maximum Gasteiger partial charge on any atom is 0.271 e. The van der Waals surface area contributed by atoms with E-state index in [0.29, 0.717) is 29.0 Å². The summed E-state index contributed by atoms with van der Waals surface area (Å²) in [6.07, 6.45) is 1.83. The lowest BCUT2D eigenvalue weighted by Gasteiger charge is -2.05. The van der Waals surface area contributed by atoms with Crippen LogP contribution in [0.2, 0.25) is 0 Å². The van der Waals surface area contributed by atoms with Crippen molar-refractivity contribution in [3.8, 4) is 11.5 Å². The number of hydrogen-bond acceptors (Lipinski definition) is 5. The van der Waals surface area contributed by atoms with E-state index < -0.39 is 0 Å². The highest BCUT2D eigenvalue weighted by atomic mass is 16.5. The Morgan fingerprint density at radius 3 is 2.56 bits per heavy atom. The number of methoxy groups -OCH3 is 1. The number of anilines is 1. The first kappa shape index (κ1) is 18.0. The van der Waals surface area contributed by atoms with Gasteiger partial charge in [0.05, 0.1) is 13.3 Å². The van der Waals surface area contributed by atoms with Crippen LogP contribution in [0.5, 0.6) is 11.5 Å². The van der Waals surface area contributed by atoms with E-state index in [-0.39, 0.29) is 17.6 Å². The molecule has 0 radical (unpaired) electrons. The lowest BCUT2D eigenvalue weighted by molar-refractivity contribution is -0.115. The minimum Gasteiger partial charge on any atom is -0.504 e. The molecule has 0 bridgehead atoms. The molecule has 0 aliphatic heterocycles. The summed E-state index contributed by atoms with van der Waals surface area (Å²) in [6, 6.07) is 11.2. The van der Waals surface area contributed by atoms with Crippen molar-refractivity contribution in [1.29, 1.82) is 0 Å². The van der Waals surface area contributed by atoms with Gasteiger partial charge in [-0.15, -0.1) is 0 Å². The van der Waals surface area contributed by atoms with Gasteiger partial charge in [-0.2, -0.15) is 5.10 Å². The predicted molar refractivity (Wildman–Crippen MR) is 95.1 cm³/mol. The van der Waals surface area contributed by atoms with Gasteiger partial charge >= 0.3 is 0 Å². The summed E-state index contributed by atoms with van der Waals surface area (Å²) >= 11 is 0. The number of hydrazone groups is 1. The van der Waals surface area contributed by atoms with Gasteiger partial charge in [0.25, 0.3) is 5.91 Å². The van der Waals surface area contributed by atoms with E-state index in [1.54, 1.807) is 43.3 Å². The molecule has 0 aliphatic carbocycles. The van der Waals surface area contributed by atoms with Gasteiger partial charge in [0, 0.05) is 17.7 Å². The van der Waals surface area contributed by atoms with Crippen molar-refractivity contribution >= 4 is 23.7 Å². The van der Waals surface area contributed by atoms with E-state index in [9.17, 15) is 14.7 Å². The number of aromatic hydroxyl groups is 1. The molecule has 0 heterocycles. The number of carbonyl (C=O) groups excluding carboxylic acids is 2. The van der Waals surface area contributed by atoms with Crippen molar-refractivity contribution in [1.82, 2.24) is 5.43 Å². The average molecular weight is 341 g/mol. The largest absolute Gasteiger partial charge is 0.504 e. The number of nitrogens with one attached hydrogen (secondary N) is 2. The van der Waals surface area contributed by atoms with Crippen molar-refractivity contribution in [3.05, 3.63) is 53.6 Å². The highest BCUT2D eigenvalue weighted by Crippen LogP contribution is 2.25. The standard InChI is InChI=1S/C18H19N3O4/c1-3-17(23)20-14-7-5-13(6-8-14)18(24)21-19-11-12-4-9-15(22)16(10-12)25-2/h4-11,22H,3H2,1-2H3,(H,20,23)(H,21,24). The van der Waals surface area contributed by atoms with Crippen molar-refractivity contribution in [2.75, 3.05) is 12.4 Å². The van der Waals surface area contributed by atoms with Gasteiger partial charge in [0.15, 0.2) is 11.5 Å². The van der Waals surface area contributed by atoms with Crippen molar-refractivity contribution < 1.29 is 19.4 Å². The number of phenols is 1. The van der Waals surface area contributed by atoms with Gasteiger partial charge in [-0.05, 0) is 48.0 Å². The minimum atomic E-state index is -0.379. The number of nitrogens with zero attached hydrogens (tertiary/aromatic N) is 1. The molecular weight excluding hydrogens is 322 g/mol. The summed E-state index contributed by atoms with van der Waals surface area (Å²) in [4.78, 5) is 23.3. The van der Waals surface area contributed by atoms with Crippen molar-refractivity contribution in [3.63, 3.8) is 0 Å². The number of rotatable bonds is 6. The highest BCUT2D eigenvalue weighted by Gasteiger charge is 2.05. The van der Waals surface area contributed by atoms with Gasteiger partial charge in [0.1, 0.15) is 0 Å². The van der Waals surface area contributed by atoms with Gasteiger partial charge in [0.2, 0.25) is 5.91 Å². The Kier molecular flexibility index (Phi) is 6.11. The van der Waals surface area contributed by atoms with Crippen molar-refractivity contribution in [2.45, 2.75) is 13.3 Å². The summed E-state index contributed by atoms with van der Waals surface area (Å²) in [5.41, 5.74) is 4.11. The SMILES string of the molecule is CCC(=O)Nc1ccc(C(=O)NN=Cc2ccc(O)c(OC)c2)cc1. The van der Waals surface area contributed by atoms with Crippen LogP contribution in [0.4, 0.5) is 5.69 Å². The maximum absolute atomic E-state index is 12.0. The Hall–Kier alpha value is -3.35. The molecule has 0 fully saturated rings. The number of hydrogen-bond donors (Lipinski definition) is 3. The lowest BCUT2D eigenvalue weighted by atomic mass is 10.2. The second kappa shape index (κ2) is 8.49. The summed E-state index contributed by atoms with van der Waals surface area (Å²) in [5.74, 6) is -0.125. The molecule has 7 nitrogen and oxygen atoms in total. The topological polar surface area (TPSA) is 100 Å². The van der Waals surface area contributed by atoms with Crippen LogP contribution in [0, 0.1) is 0 Å². The third kappa shape index (κ3) is 5.07. The van der Waals surface area contributed by atoms with Crippen LogP contribution in [0.1, 0.15) is 29.3 Å². The number of ether oxygens (including phenoxy) is 1. The van der Waals surface area contributed by atoms with Gasteiger partial charge in [-0.25, -0.2) is 5.43 Å². The van der Waals surface area contributed by atoms with Crippen LogP contribution in [0.25, 0.3) is 0 Å². The molecule has 0 saturated carbocycles. The number of carbonyl (C=O) groups is 2. The summed E-state index contributed by atoms with van der Waals surface area (Å²) < 4.78 is 5.00.